The molecule has 1 aliphatic carbocycles. The topological polar surface area (TPSA) is 38.3 Å². The summed E-state index contributed by atoms with van der Waals surface area (Å²) >= 11 is 5.18. The SMILES string of the molecule is O=C(N[C@@H]1C[C@H]1c1ccc(Br)s1)OCc1ccccc1. The Bertz CT molecular complexity index is 599. The van der Waals surface area contributed by atoms with Crippen molar-refractivity contribution < 1.29 is 9.53 Å². The molecule has 1 N–H and O–H groups in total. The molecule has 1 fully saturated rings. The Hall–Kier alpha value is -1.33. The average molecular weight is 352 g/mol. The molecule has 1 saturated carbocycles. The summed E-state index contributed by atoms with van der Waals surface area (Å²) in [6, 6.07) is 14.1. The highest BCUT2D eigenvalue weighted by Crippen LogP contribution is 2.44. The van der Waals surface area contributed by atoms with Crippen molar-refractivity contribution >= 4 is 33.4 Å². The van der Waals surface area contributed by atoms with Crippen LogP contribution in [-0.4, -0.2) is 12.1 Å². The van der Waals surface area contributed by atoms with E-state index in [9.17, 15) is 4.79 Å². The number of hydrogen-bond donors (Lipinski definition) is 1. The van der Waals surface area contributed by atoms with Crippen LogP contribution in [0.25, 0.3) is 0 Å². The molecule has 1 aliphatic rings. The third-order valence-corrected chi connectivity index (χ3v) is 5.02. The molecular formula is C15H14BrNO2S. The average Bonchev–Trinajstić information content (AvgIpc) is 3.08. The summed E-state index contributed by atoms with van der Waals surface area (Å²) in [5.41, 5.74) is 0.997. The number of amides is 1. The Morgan fingerprint density at radius 2 is 2.10 bits per heavy atom. The van der Waals surface area contributed by atoms with E-state index in [1.807, 2.05) is 36.4 Å². The van der Waals surface area contributed by atoms with Gasteiger partial charge in [-0.25, -0.2) is 4.79 Å². The molecule has 2 aromatic rings. The number of carbonyl (C=O) groups is 1. The fourth-order valence-corrected chi connectivity index (χ4v) is 3.71. The molecule has 1 aromatic heterocycles. The third kappa shape index (κ3) is 3.41. The maximum atomic E-state index is 11.7. The van der Waals surface area contributed by atoms with E-state index < -0.39 is 0 Å². The molecule has 2 atom stereocenters. The highest BCUT2D eigenvalue weighted by Gasteiger charge is 2.40. The largest absolute Gasteiger partial charge is 0.445 e. The van der Waals surface area contributed by atoms with Crippen molar-refractivity contribution in [2.75, 3.05) is 0 Å². The lowest BCUT2D eigenvalue weighted by molar-refractivity contribution is 0.139. The molecule has 0 unspecified atom stereocenters. The number of hydrogen-bond acceptors (Lipinski definition) is 3. The van der Waals surface area contributed by atoms with Crippen LogP contribution in [0.1, 0.15) is 22.8 Å². The molecule has 3 rings (SSSR count). The van der Waals surface area contributed by atoms with Crippen LogP contribution >= 0.6 is 27.3 Å². The van der Waals surface area contributed by atoms with Gasteiger partial charge in [-0.05, 0) is 40.0 Å². The predicted molar refractivity (Wildman–Crippen MR) is 82.9 cm³/mol. The van der Waals surface area contributed by atoms with E-state index in [4.69, 9.17) is 4.74 Å². The number of carbonyl (C=O) groups excluding carboxylic acids is 1. The van der Waals surface area contributed by atoms with Gasteiger partial charge >= 0.3 is 6.09 Å². The van der Waals surface area contributed by atoms with Crippen molar-refractivity contribution in [3.8, 4) is 0 Å². The number of benzene rings is 1. The maximum absolute atomic E-state index is 11.7. The van der Waals surface area contributed by atoms with E-state index in [-0.39, 0.29) is 12.1 Å². The van der Waals surface area contributed by atoms with E-state index >= 15 is 0 Å². The van der Waals surface area contributed by atoms with Crippen LogP contribution in [0.3, 0.4) is 0 Å². The van der Waals surface area contributed by atoms with Gasteiger partial charge in [0, 0.05) is 16.8 Å². The quantitative estimate of drug-likeness (QED) is 0.891. The Morgan fingerprint density at radius 1 is 1.30 bits per heavy atom. The van der Waals surface area contributed by atoms with Gasteiger partial charge in [-0.15, -0.1) is 11.3 Å². The van der Waals surface area contributed by atoms with Gasteiger partial charge in [0.2, 0.25) is 0 Å². The monoisotopic (exact) mass is 351 g/mol. The van der Waals surface area contributed by atoms with Crippen molar-refractivity contribution in [2.45, 2.75) is 25.0 Å². The summed E-state index contributed by atoms with van der Waals surface area (Å²) < 4.78 is 6.34. The van der Waals surface area contributed by atoms with Crippen LogP contribution in [0.2, 0.25) is 0 Å². The molecule has 1 heterocycles. The van der Waals surface area contributed by atoms with Crippen molar-refractivity contribution in [1.82, 2.24) is 5.32 Å². The highest BCUT2D eigenvalue weighted by atomic mass is 79.9. The third-order valence-electron chi connectivity index (χ3n) is 3.27. The molecule has 3 nitrogen and oxygen atoms in total. The Balaban J connectivity index is 1.44. The van der Waals surface area contributed by atoms with E-state index in [1.54, 1.807) is 11.3 Å². The minimum atomic E-state index is -0.336. The molecule has 104 valence electrons. The van der Waals surface area contributed by atoms with Crippen molar-refractivity contribution in [3.63, 3.8) is 0 Å². The lowest BCUT2D eigenvalue weighted by Gasteiger charge is -2.06. The summed E-state index contributed by atoms with van der Waals surface area (Å²) in [5, 5.41) is 2.91. The van der Waals surface area contributed by atoms with Gasteiger partial charge in [0.1, 0.15) is 6.61 Å². The number of alkyl carbamates (subject to hydrolysis) is 1. The zero-order valence-electron chi connectivity index (χ0n) is 10.7. The first-order valence-corrected chi connectivity index (χ1v) is 8.06. The first-order chi connectivity index (χ1) is 9.72. The van der Waals surface area contributed by atoms with E-state index in [1.165, 1.54) is 4.88 Å². The standard InChI is InChI=1S/C15H14BrNO2S/c16-14-7-6-13(20-14)11-8-12(11)17-15(18)19-9-10-4-2-1-3-5-10/h1-7,11-12H,8-9H2,(H,17,18)/t11-,12-/m1/s1. The Morgan fingerprint density at radius 3 is 2.80 bits per heavy atom. The zero-order chi connectivity index (χ0) is 13.9. The molecule has 0 aliphatic heterocycles. The van der Waals surface area contributed by atoms with E-state index in [2.05, 4.69) is 27.3 Å². The molecular weight excluding hydrogens is 338 g/mol. The Labute approximate surface area is 130 Å². The summed E-state index contributed by atoms with van der Waals surface area (Å²) in [7, 11) is 0. The molecule has 0 radical (unpaired) electrons. The first kappa shape index (κ1) is 13.6. The van der Waals surface area contributed by atoms with E-state index in [0.29, 0.717) is 12.5 Å². The highest BCUT2D eigenvalue weighted by molar-refractivity contribution is 9.11. The number of rotatable bonds is 4. The number of halogens is 1. The van der Waals surface area contributed by atoms with E-state index in [0.717, 1.165) is 15.8 Å². The molecule has 0 spiro atoms. The van der Waals surface area contributed by atoms with Gasteiger partial charge < -0.3 is 10.1 Å². The number of thiophene rings is 1. The maximum Gasteiger partial charge on any atom is 0.407 e. The Kier molecular flexibility index (Phi) is 4.08. The molecule has 1 amide bonds. The minimum Gasteiger partial charge on any atom is -0.445 e. The smallest absolute Gasteiger partial charge is 0.407 e. The predicted octanol–water partition coefficient (Wildman–Crippen LogP) is 4.29. The van der Waals surface area contributed by atoms with Crippen LogP contribution in [0.15, 0.2) is 46.3 Å². The van der Waals surface area contributed by atoms with Gasteiger partial charge in [-0.2, -0.15) is 0 Å². The van der Waals surface area contributed by atoms with Crippen molar-refractivity contribution in [2.24, 2.45) is 0 Å². The van der Waals surface area contributed by atoms with Gasteiger partial charge in [-0.1, -0.05) is 30.3 Å². The van der Waals surface area contributed by atoms with Gasteiger partial charge in [0.05, 0.1) is 3.79 Å². The van der Waals surface area contributed by atoms with Crippen molar-refractivity contribution in [1.29, 1.82) is 0 Å². The second-order valence-corrected chi connectivity index (χ2v) is 7.29. The normalized spacial score (nSPS) is 20.4. The summed E-state index contributed by atoms with van der Waals surface area (Å²) in [6.45, 7) is 0.314. The van der Waals surface area contributed by atoms with Crippen molar-refractivity contribution in [3.05, 3.63) is 56.7 Å². The van der Waals surface area contributed by atoms with Gasteiger partial charge in [-0.3, -0.25) is 0 Å². The van der Waals surface area contributed by atoms with Crippen LogP contribution in [0, 0.1) is 0 Å². The molecule has 0 saturated heterocycles. The minimum absolute atomic E-state index is 0.212. The lowest BCUT2D eigenvalue weighted by Crippen LogP contribution is -2.27. The molecule has 20 heavy (non-hydrogen) atoms. The second-order valence-electron chi connectivity index (χ2n) is 4.80. The molecule has 5 heteroatoms. The van der Waals surface area contributed by atoms with Crippen LogP contribution in [0.4, 0.5) is 4.79 Å². The summed E-state index contributed by atoms with van der Waals surface area (Å²) in [5.74, 6) is 0.440. The summed E-state index contributed by atoms with van der Waals surface area (Å²) in [6.07, 6.45) is 0.657. The van der Waals surface area contributed by atoms with Crippen LogP contribution in [-0.2, 0) is 11.3 Å². The lowest BCUT2D eigenvalue weighted by atomic mass is 10.2. The zero-order valence-corrected chi connectivity index (χ0v) is 13.1. The fraction of sp³-hybridized carbons (Fsp3) is 0.267. The molecule has 1 aromatic carbocycles. The summed E-state index contributed by atoms with van der Waals surface area (Å²) in [4.78, 5) is 13.0. The number of nitrogens with one attached hydrogen (secondary N) is 1. The van der Waals surface area contributed by atoms with Gasteiger partial charge in [0.25, 0.3) is 0 Å². The van der Waals surface area contributed by atoms with Crippen LogP contribution < -0.4 is 5.32 Å². The fourth-order valence-electron chi connectivity index (χ4n) is 2.11. The first-order valence-electron chi connectivity index (χ1n) is 6.45. The second kappa shape index (κ2) is 5.97. The number of ether oxygens (including phenoxy) is 1. The molecule has 0 bridgehead atoms. The van der Waals surface area contributed by atoms with Gasteiger partial charge in [0.15, 0.2) is 0 Å². The van der Waals surface area contributed by atoms with Crippen LogP contribution in [0.5, 0.6) is 0 Å².